The van der Waals surface area contributed by atoms with Crippen molar-refractivity contribution in [3.63, 3.8) is 0 Å². The first-order valence-corrected chi connectivity index (χ1v) is 8.67. The number of nitrogens with zero attached hydrogens (tertiary/aromatic N) is 4. The van der Waals surface area contributed by atoms with Gasteiger partial charge in [-0.15, -0.1) is 0 Å². The fraction of sp³-hybridized carbons (Fsp3) is 0.150. The Bertz CT molecular complexity index is 995. The average molecular weight is 344 g/mol. The first-order valence-electron chi connectivity index (χ1n) is 8.67. The monoisotopic (exact) mass is 344 g/mol. The summed E-state index contributed by atoms with van der Waals surface area (Å²) in [5, 5.41) is 6.60. The fourth-order valence-electron chi connectivity index (χ4n) is 2.82. The Kier molecular flexibility index (Phi) is 4.47. The van der Waals surface area contributed by atoms with Crippen molar-refractivity contribution in [3.05, 3.63) is 72.6 Å². The predicted molar refractivity (Wildman–Crippen MR) is 105 cm³/mol. The van der Waals surface area contributed by atoms with Crippen molar-refractivity contribution in [3.8, 4) is 5.69 Å². The Morgan fingerprint density at radius 1 is 0.885 bits per heavy atom. The molecule has 0 atom stereocenters. The normalized spacial score (nSPS) is 10.8. The highest BCUT2D eigenvalue weighted by atomic mass is 15.2. The van der Waals surface area contributed by atoms with Crippen molar-refractivity contribution >= 4 is 22.9 Å². The van der Waals surface area contributed by atoms with Crippen LogP contribution in [0.15, 0.2) is 67.0 Å². The number of nitrogens with one attached hydrogen (secondary N) is 2. The zero-order chi connectivity index (χ0) is 17.8. The van der Waals surface area contributed by atoms with Gasteiger partial charge in [0.05, 0.1) is 0 Å². The molecule has 0 amide bonds. The third-order valence-electron chi connectivity index (χ3n) is 4.07. The van der Waals surface area contributed by atoms with E-state index in [1.165, 1.54) is 5.56 Å². The van der Waals surface area contributed by atoms with Crippen LogP contribution in [0.25, 0.3) is 16.9 Å². The summed E-state index contributed by atoms with van der Waals surface area (Å²) in [6.45, 7) is 3.46. The van der Waals surface area contributed by atoms with Crippen LogP contribution in [0.5, 0.6) is 0 Å². The van der Waals surface area contributed by atoms with Gasteiger partial charge in [0, 0.05) is 18.8 Å². The molecule has 0 aliphatic carbocycles. The van der Waals surface area contributed by atoms with Gasteiger partial charge in [0.2, 0.25) is 5.95 Å². The minimum absolute atomic E-state index is 0.591. The fourth-order valence-corrected chi connectivity index (χ4v) is 2.82. The van der Waals surface area contributed by atoms with Gasteiger partial charge in [0.1, 0.15) is 6.33 Å². The molecule has 2 aromatic heterocycles. The molecule has 0 spiro atoms. The van der Waals surface area contributed by atoms with E-state index in [4.69, 9.17) is 0 Å². The van der Waals surface area contributed by atoms with Gasteiger partial charge in [-0.3, -0.25) is 4.57 Å². The van der Waals surface area contributed by atoms with E-state index in [-0.39, 0.29) is 0 Å². The molecule has 2 aromatic carbocycles. The summed E-state index contributed by atoms with van der Waals surface area (Å²) in [6, 6.07) is 20.3. The van der Waals surface area contributed by atoms with E-state index in [1.54, 1.807) is 6.33 Å². The van der Waals surface area contributed by atoms with Crippen LogP contribution in [0.2, 0.25) is 0 Å². The van der Waals surface area contributed by atoms with Gasteiger partial charge in [-0.2, -0.15) is 9.97 Å². The summed E-state index contributed by atoms with van der Waals surface area (Å²) in [6.07, 6.45) is 1.79. The van der Waals surface area contributed by atoms with E-state index in [9.17, 15) is 0 Å². The molecule has 0 aliphatic rings. The smallest absolute Gasteiger partial charge is 0.226 e. The third-order valence-corrected chi connectivity index (χ3v) is 4.07. The van der Waals surface area contributed by atoms with Gasteiger partial charge in [0.25, 0.3) is 0 Å². The Morgan fingerprint density at radius 3 is 2.35 bits per heavy atom. The van der Waals surface area contributed by atoms with Crippen molar-refractivity contribution in [2.45, 2.75) is 13.5 Å². The molecule has 2 heterocycles. The van der Waals surface area contributed by atoms with Crippen LogP contribution in [0.3, 0.4) is 0 Å². The highest BCUT2D eigenvalue weighted by Crippen LogP contribution is 2.24. The quantitative estimate of drug-likeness (QED) is 0.556. The topological polar surface area (TPSA) is 67.7 Å². The summed E-state index contributed by atoms with van der Waals surface area (Å²) in [4.78, 5) is 13.8. The van der Waals surface area contributed by atoms with Crippen molar-refractivity contribution < 1.29 is 0 Å². The van der Waals surface area contributed by atoms with Crippen molar-refractivity contribution in [2.75, 3.05) is 17.2 Å². The van der Waals surface area contributed by atoms with E-state index in [0.717, 1.165) is 29.2 Å². The lowest BCUT2D eigenvalue weighted by Gasteiger charge is -2.10. The van der Waals surface area contributed by atoms with Gasteiger partial charge in [-0.25, -0.2) is 4.98 Å². The van der Waals surface area contributed by atoms with Crippen molar-refractivity contribution in [2.24, 2.45) is 0 Å². The predicted octanol–water partition coefficient (Wildman–Crippen LogP) is 3.86. The minimum atomic E-state index is 0.591. The molecule has 6 nitrogen and oxygen atoms in total. The molecule has 0 fully saturated rings. The van der Waals surface area contributed by atoms with Crippen LogP contribution in [-0.2, 0) is 6.54 Å². The Balaban J connectivity index is 1.75. The summed E-state index contributed by atoms with van der Waals surface area (Å²) >= 11 is 0. The van der Waals surface area contributed by atoms with Crippen LogP contribution >= 0.6 is 0 Å². The highest BCUT2D eigenvalue weighted by molar-refractivity contribution is 5.85. The van der Waals surface area contributed by atoms with Gasteiger partial charge < -0.3 is 10.6 Å². The second-order valence-electron chi connectivity index (χ2n) is 5.89. The molecule has 0 saturated heterocycles. The number of hydrogen-bond acceptors (Lipinski definition) is 5. The lowest BCUT2D eigenvalue weighted by Crippen LogP contribution is -2.08. The van der Waals surface area contributed by atoms with Crippen LogP contribution in [0, 0.1) is 0 Å². The van der Waals surface area contributed by atoms with Crippen LogP contribution in [-0.4, -0.2) is 26.1 Å². The molecular weight excluding hydrogens is 324 g/mol. The summed E-state index contributed by atoms with van der Waals surface area (Å²) in [5.41, 5.74) is 3.74. The highest BCUT2D eigenvalue weighted by Gasteiger charge is 2.14. The Labute approximate surface area is 151 Å². The molecule has 26 heavy (non-hydrogen) atoms. The van der Waals surface area contributed by atoms with Crippen LogP contribution in [0.4, 0.5) is 11.8 Å². The summed E-state index contributed by atoms with van der Waals surface area (Å²) in [5.74, 6) is 1.32. The van der Waals surface area contributed by atoms with E-state index < -0.39 is 0 Å². The summed E-state index contributed by atoms with van der Waals surface area (Å²) in [7, 11) is 0. The standard InChI is InChI=1S/C20H20N6/c1-2-21-20-24-18(22-13-15-9-5-3-6-10-15)17-19(25-20)26(14-23-17)16-11-7-4-8-12-16/h3-12,14H,2,13H2,1H3,(H2,21,22,24,25). The molecule has 0 aliphatic heterocycles. The van der Waals surface area contributed by atoms with Gasteiger partial charge in [0.15, 0.2) is 17.0 Å². The number of fused-ring (bicyclic) bond motifs is 1. The molecule has 4 aromatic rings. The number of aromatic nitrogens is 4. The number of imidazole rings is 1. The number of para-hydroxylation sites is 1. The number of anilines is 2. The number of benzene rings is 2. The summed E-state index contributed by atoms with van der Waals surface area (Å²) < 4.78 is 1.98. The first-order chi connectivity index (χ1) is 12.8. The molecule has 130 valence electrons. The zero-order valence-corrected chi connectivity index (χ0v) is 14.6. The Hall–Kier alpha value is -3.41. The minimum Gasteiger partial charge on any atom is -0.364 e. The molecule has 6 heteroatoms. The van der Waals surface area contributed by atoms with Crippen molar-refractivity contribution in [1.82, 2.24) is 19.5 Å². The maximum atomic E-state index is 4.66. The van der Waals surface area contributed by atoms with Gasteiger partial charge >= 0.3 is 0 Å². The maximum absolute atomic E-state index is 4.66. The van der Waals surface area contributed by atoms with E-state index in [0.29, 0.717) is 12.5 Å². The molecule has 0 saturated carbocycles. The largest absolute Gasteiger partial charge is 0.364 e. The second-order valence-corrected chi connectivity index (χ2v) is 5.89. The molecule has 4 rings (SSSR count). The molecule has 0 bridgehead atoms. The lowest BCUT2D eigenvalue weighted by atomic mass is 10.2. The molecule has 2 N–H and O–H groups in total. The lowest BCUT2D eigenvalue weighted by molar-refractivity contribution is 1.04. The SMILES string of the molecule is CCNc1nc(NCc2ccccc2)c2ncn(-c3ccccc3)c2n1. The first kappa shape index (κ1) is 16.1. The number of hydrogen-bond donors (Lipinski definition) is 2. The van der Waals surface area contributed by atoms with Crippen LogP contribution in [0.1, 0.15) is 12.5 Å². The third kappa shape index (κ3) is 3.21. The van der Waals surface area contributed by atoms with Gasteiger partial charge in [-0.05, 0) is 24.6 Å². The average Bonchev–Trinajstić information content (AvgIpc) is 3.12. The maximum Gasteiger partial charge on any atom is 0.226 e. The van der Waals surface area contributed by atoms with E-state index in [1.807, 2.05) is 60.0 Å². The second kappa shape index (κ2) is 7.23. The van der Waals surface area contributed by atoms with Gasteiger partial charge in [-0.1, -0.05) is 48.5 Å². The van der Waals surface area contributed by atoms with Crippen LogP contribution < -0.4 is 10.6 Å². The van der Waals surface area contributed by atoms with E-state index in [2.05, 4.69) is 37.7 Å². The molecule has 0 radical (unpaired) electrons. The Morgan fingerprint density at radius 2 is 1.62 bits per heavy atom. The zero-order valence-electron chi connectivity index (χ0n) is 14.6. The van der Waals surface area contributed by atoms with E-state index >= 15 is 0 Å². The molecular formula is C20H20N6. The van der Waals surface area contributed by atoms with Crippen molar-refractivity contribution in [1.29, 1.82) is 0 Å². The number of rotatable bonds is 6. The molecule has 0 unspecified atom stereocenters.